The molecule has 3 aliphatic rings. The molecule has 7 nitrogen and oxygen atoms in total. The smallest absolute Gasteiger partial charge is 0.272 e. The van der Waals surface area contributed by atoms with E-state index in [1.54, 1.807) is 11.3 Å². The lowest BCUT2D eigenvalue weighted by atomic mass is 10.1. The summed E-state index contributed by atoms with van der Waals surface area (Å²) in [4.78, 5) is 20.2. The van der Waals surface area contributed by atoms with E-state index in [2.05, 4.69) is 38.3 Å². The first-order chi connectivity index (χ1) is 14.2. The molecule has 3 aromatic rings. The molecule has 2 atom stereocenters. The van der Waals surface area contributed by atoms with Crippen molar-refractivity contribution in [1.29, 1.82) is 0 Å². The number of H-pyrrole nitrogens is 1. The van der Waals surface area contributed by atoms with E-state index < -0.39 is 0 Å². The number of hydrogen-bond acceptors (Lipinski definition) is 6. The van der Waals surface area contributed by atoms with Crippen molar-refractivity contribution in [2.75, 3.05) is 18.4 Å². The van der Waals surface area contributed by atoms with Crippen LogP contribution in [-0.2, 0) is 0 Å². The number of carbonyl (C=O) groups is 1. The van der Waals surface area contributed by atoms with Gasteiger partial charge in [0, 0.05) is 52.9 Å². The first-order valence-corrected chi connectivity index (χ1v) is 11.3. The molecule has 0 spiro atoms. The van der Waals surface area contributed by atoms with E-state index >= 15 is 0 Å². The summed E-state index contributed by atoms with van der Waals surface area (Å²) >= 11 is 1.66. The molecule has 150 valence electrons. The molecule has 3 N–H and O–H groups in total. The number of fused-ring (bicyclic) bond motifs is 3. The maximum atomic E-state index is 13.4. The molecule has 0 radical (unpaired) electrons. The molecule has 8 heteroatoms. The van der Waals surface area contributed by atoms with Crippen LogP contribution in [0.2, 0.25) is 0 Å². The van der Waals surface area contributed by atoms with Crippen LogP contribution in [0.15, 0.2) is 17.5 Å². The van der Waals surface area contributed by atoms with Gasteiger partial charge in [0.05, 0.1) is 0 Å². The molecular formula is C21H24N6OS. The second-order valence-electron chi connectivity index (χ2n) is 8.55. The van der Waals surface area contributed by atoms with Gasteiger partial charge in [-0.3, -0.25) is 9.89 Å². The summed E-state index contributed by atoms with van der Waals surface area (Å²) in [5.41, 5.74) is 2.70. The summed E-state index contributed by atoms with van der Waals surface area (Å²) in [5, 5.41) is 17.6. The zero-order chi connectivity index (χ0) is 19.5. The second-order valence-corrected chi connectivity index (χ2v) is 9.47. The number of nitrogens with one attached hydrogen (secondary N) is 3. The van der Waals surface area contributed by atoms with E-state index in [4.69, 9.17) is 4.98 Å². The van der Waals surface area contributed by atoms with E-state index in [1.807, 2.05) is 11.8 Å². The Balaban J connectivity index is 1.35. The molecule has 2 unspecified atom stereocenters. The number of rotatable bonds is 4. The molecule has 6 rings (SSSR count). The fraction of sp³-hybridized carbons (Fsp3) is 0.476. The maximum Gasteiger partial charge on any atom is 0.272 e. The summed E-state index contributed by atoms with van der Waals surface area (Å²) in [7, 11) is 0. The number of aryl methyl sites for hydroxylation is 1. The molecule has 3 aromatic heterocycles. The zero-order valence-electron chi connectivity index (χ0n) is 16.4. The number of anilines is 2. The molecule has 1 saturated carbocycles. The number of pyridine rings is 1. The van der Waals surface area contributed by atoms with Gasteiger partial charge >= 0.3 is 0 Å². The lowest BCUT2D eigenvalue weighted by Crippen LogP contribution is -2.53. The fourth-order valence-corrected chi connectivity index (χ4v) is 5.60. The average Bonchev–Trinajstić information content (AvgIpc) is 3.12. The van der Waals surface area contributed by atoms with Gasteiger partial charge in [0.2, 0.25) is 0 Å². The topological polar surface area (TPSA) is 85.9 Å². The lowest BCUT2D eigenvalue weighted by molar-refractivity contribution is 0.0691. The van der Waals surface area contributed by atoms with E-state index in [9.17, 15) is 4.79 Å². The predicted molar refractivity (Wildman–Crippen MR) is 114 cm³/mol. The average molecular weight is 409 g/mol. The highest BCUT2D eigenvalue weighted by molar-refractivity contribution is 7.17. The number of hydrogen-bond donors (Lipinski definition) is 3. The Hall–Kier alpha value is -2.45. The van der Waals surface area contributed by atoms with Crippen molar-refractivity contribution in [2.24, 2.45) is 0 Å². The van der Waals surface area contributed by atoms with Gasteiger partial charge in [-0.1, -0.05) is 0 Å². The third-order valence-corrected chi connectivity index (χ3v) is 7.44. The molecule has 3 fully saturated rings. The lowest BCUT2D eigenvalue weighted by Gasteiger charge is -2.33. The highest BCUT2D eigenvalue weighted by Gasteiger charge is 2.35. The summed E-state index contributed by atoms with van der Waals surface area (Å²) in [5.74, 6) is 2.13. The number of nitrogens with zero attached hydrogens (tertiary/aromatic N) is 3. The minimum atomic E-state index is 0.0416. The summed E-state index contributed by atoms with van der Waals surface area (Å²) in [6.07, 6.45) is 4.76. The molecule has 2 aliphatic heterocycles. The quantitative estimate of drug-likeness (QED) is 0.615. The molecular weight excluding hydrogens is 384 g/mol. The molecule has 5 heterocycles. The zero-order valence-corrected chi connectivity index (χ0v) is 17.2. The summed E-state index contributed by atoms with van der Waals surface area (Å²) in [6.45, 7) is 3.55. The van der Waals surface area contributed by atoms with Crippen LogP contribution in [0.25, 0.3) is 10.1 Å². The van der Waals surface area contributed by atoms with Crippen LogP contribution in [0.3, 0.4) is 0 Å². The number of thiophene rings is 1. The number of carbonyl (C=O) groups excluding carboxylic acids is 1. The SMILES string of the molecule is Cc1c(C(=O)N2CC3CCC(C2)N3)nc(Nc2cc(C3CC3)[nH]n2)c2ccsc12. The Kier molecular flexibility index (Phi) is 3.92. The highest BCUT2D eigenvalue weighted by Crippen LogP contribution is 2.40. The van der Waals surface area contributed by atoms with Crippen LogP contribution < -0.4 is 10.6 Å². The Morgan fingerprint density at radius 2 is 2.03 bits per heavy atom. The molecule has 29 heavy (non-hydrogen) atoms. The van der Waals surface area contributed by atoms with Crippen LogP contribution >= 0.6 is 11.3 Å². The Morgan fingerprint density at radius 1 is 1.24 bits per heavy atom. The van der Waals surface area contributed by atoms with Crippen molar-refractivity contribution in [3.05, 3.63) is 34.5 Å². The maximum absolute atomic E-state index is 13.4. The summed E-state index contributed by atoms with van der Waals surface area (Å²) in [6, 6.07) is 4.97. The first kappa shape index (κ1) is 17.4. The van der Waals surface area contributed by atoms with Crippen LogP contribution in [0.5, 0.6) is 0 Å². The van der Waals surface area contributed by atoms with Gasteiger partial charge in [-0.05, 0) is 49.6 Å². The normalized spacial score (nSPS) is 23.7. The van der Waals surface area contributed by atoms with Crippen molar-refractivity contribution >= 4 is 39.0 Å². The van der Waals surface area contributed by atoms with Crippen molar-refractivity contribution in [2.45, 2.75) is 50.6 Å². The van der Waals surface area contributed by atoms with Crippen LogP contribution in [0, 0.1) is 6.92 Å². The minimum absolute atomic E-state index is 0.0416. The predicted octanol–water partition coefficient (Wildman–Crippen LogP) is 3.53. The standard InChI is InChI=1S/C21H24N6OS/c1-11-18(21(28)27-9-13-4-5-14(10-27)22-13)24-20(15-6-7-29-19(11)15)23-17-8-16(25-26-17)12-2-3-12/h6-8,12-14,22H,2-5,9-10H2,1H3,(H2,23,24,25,26). The Labute approximate surface area is 172 Å². The van der Waals surface area contributed by atoms with E-state index in [0.717, 1.165) is 47.4 Å². The van der Waals surface area contributed by atoms with Crippen molar-refractivity contribution in [3.8, 4) is 0 Å². The van der Waals surface area contributed by atoms with Gasteiger partial charge in [-0.15, -0.1) is 11.3 Å². The first-order valence-electron chi connectivity index (χ1n) is 10.4. The number of amides is 1. The van der Waals surface area contributed by atoms with Gasteiger partial charge in [-0.2, -0.15) is 5.10 Å². The number of aromatic amines is 1. The number of aromatic nitrogens is 3. The van der Waals surface area contributed by atoms with Gasteiger partial charge in [0.15, 0.2) is 5.82 Å². The van der Waals surface area contributed by atoms with Gasteiger partial charge in [0.1, 0.15) is 11.5 Å². The van der Waals surface area contributed by atoms with E-state index in [0.29, 0.717) is 29.5 Å². The third kappa shape index (κ3) is 3.02. The van der Waals surface area contributed by atoms with Crippen LogP contribution in [0.4, 0.5) is 11.6 Å². The molecule has 0 aromatic carbocycles. The Morgan fingerprint density at radius 3 is 2.79 bits per heavy atom. The fourth-order valence-electron chi connectivity index (χ4n) is 4.69. The number of likely N-dealkylation sites (tertiary alicyclic amines) is 1. The summed E-state index contributed by atoms with van der Waals surface area (Å²) < 4.78 is 1.11. The largest absolute Gasteiger partial charge is 0.334 e. The van der Waals surface area contributed by atoms with Gasteiger partial charge < -0.3 is 15.5 Å². The monoisotopic (exact) mass is 408 g/mol. The molecule has 2 saturated heterocycles. The van der Waals surface area contributed by atoms with E-state index in [-0.39, 0.29) is 5.91 Å². The van der Waals surface area contributed by atoms with Crippen molar-refractivity contribution in [1.82, 2.24) is 25.4 Å². The number of piperazine rings is 1. The van der Waals surface area contributed by atoms with Crippen molar-refractivity contribution < 1.29 is 4.79 Å². The van der Waals surface area contributed by atoms with Crippen molar-refractivity contribution in [3.63, 3.8) is 0 Å². The Bertz CT molecular complexity index is 1090. The molecule has 2 bridgehead atoms. The molecule has 1 amide bonds. The van der Waals surface area contributed by atoms with Crippen LogP contribution in [0.1, 0.15) is 53.3 Å². The second kappa shape index (κ2) is 6.53. The van der Waals surface area contributed by atoms with Gasteiger partial charge in [-0.25, -0.2) is 4.98 Å². The van der Waals surface area contributed by atoms with Gasteiger partial charge in [0.25, 0.3) is 5.91 Å². The minimum Gasteiger partial charge on any atom is -0.334 e. The third-order valence-electron chi connectivity index (χ3n) is 6.41. The molecule has 1 aliphatic carbocycles. The van der Waals surface area contributed by atoms with E-state index in [1.165, 1.54) is 18.5 Å². The highest BCUT2D eigenvalue weighted by atomic mass is 32.1. The van der Waals surface area contributed by atoms with Crippen LogP contribution in [-0.4, -0.2) is 51.2 Å².